The monoisotopic (exact) mass is 875 g/mol. The van der Waals surface area contributed by atoms with Crippen molar-refractivity contribution in [1.29, 1.82) is 0 Å². The summed E-state index contributed by atoms with van der Waals surface area (Å²) in [5.74, 6) is 1.91. The predicted octanol–water partition coefficient (Wildman–Crippen LogP) is 7.96. The van der Waals surface area contributed by atoms with E-state index in [1.807, 2.05) is 45.0 Å². The first-order valence-electron chi connectivity index (χ1n) is 22.8. The second-order valence-corrected chi connectivity index (χ2v) is 18.0. The molecule has 2 fully saturated rings. The Bertz CT molecular complexity index is 2500. The maximum atomic E-state index is 13.7. The van der Waals surface area contributed by atoms with Crippen molar-refractivity contribution in [2.45, 2.75) is 116 Å². The molecule has 1 saturated heterocycles. The second kappa shape index (κ2) is 18.8. The van der Waals surface area contributed by atoms with Crippen LogP contribution in [0.4, 0.5) is 9.59 Å². The normalized spacial score (nSPS) is 17.4. The van der Waals surface area contributed by atoms with Crippen molar-refractivity contribution in [3.63, 3.8) is 0 Å². The summed E-state index contributed by atoms with van der Waals surface area (Å²) in [6, 6.07) is 13.6. The minimum Gasteiger partial charge on any atom is -0.467 e. The number of ether oxygens (including phenoxy) is 3. The van der Waals surface area contributed by atoms with E-state index < -0.39 is 30.0 Å². The number of alkyl carbamates (subject to hydrolysis) is 2. The van der Waals surface area contributed by atoms with Gasteiger partial charge in [0.05, 0.1) is 55.3 Å². The van der Waals surface area contributed by atoms with Crippen molar-refractivity contribution in [2.75, 3.05) is 27.3 Å². The molecule has 1 spiro atoms. The number of amides is 4. The number of hydrogen-bond acceptors (Lipinski definition) is 9. The van der Waals surface area contributed by atoms with Crippen molar-refractivity contribution in [3.05, 3.63) is 66.5 Å². The number of H-pyrrole nitrogens is 2. The summed E-state index contributed by atoms with van der Waals surface area (Å²) in [6.07, 6.45) is 11.6. The highest BCUT2D eigenvalue weighted by Gasteiger charge is 2.43. The zero-order chi connectivity index (χ0) is 45.1. The Kier molecular flexibility index (Phi) is 13.0. The van der Waals surface area contributed by atoms with Crippen LogP contribution in [0.25, 0.3) is 44.7 Å². The van der Waals surface area contributed by atoms with Gasteiger partial charge in [-0.2, -0.15) is 0 Å². The average molecular weight is 876 g/mol. The first kappa shape index (κ1) is 44.3. The molecular formula is C48H61N9O7. The molecule has 3 aromatic heterocycles. The van der Waals surface area contributed by atoms with Gasteiger partial charge in [-0.15, -0.1) is 0 Å². The van der Waals surface area contributed by atoms with Crippen LogP contribution in [0.1, 0.15) is 103 Å². The third-order valence-corrected chi connectivity index (χ3v) is 13.0. The summed E-state index contributed by atoms with van der Waals surface area (Å²) in [5, 5.41) is 9.37. The van der Waals surface area contributed by atoms with Crippen LogP contribution < -0.4 is 20.7 Å². The molecule has 1 saturated carbocycles. The minimum atomic E-state index is -0.697. The smallest absolute Gasteiger partial charge is 0.407 e. The second-order valence-electron chi connectivity index (χ2n) is 18.0. The molecule has 0 radical (unpaired) electrons. The zero-order valence-corrected chi connectivity index (χ0v) is 37.7. The van der Waals surface area contributed by atoms with Gasteiger partial charge in [0.15, 0.2) is 5.72 Å². The van der Waals surface area contributed by atoms with E-state index in [1.54, 1.807) is 0 Å². The van der Waals surface area contributed by atoms with Crippen LogP contribution in [0.2, 0.25) is 0 Å². The lowest BCUT2D eigenvalue weighted by Gasteiger charge is -2.44. The Hall–Kier alpha value is -6.32. The molecule has 5 aromatic rings. The molecule has 2 aromatic carbocycles. The van der Waals surface area contributed by atoms with Crippen molar-refractivity contribution >= 4 is 34.9 Å². The average Bonchev–Trinajstić information content (AvgIpc) is 4.13. The number of nitrogens with zero attached hydrogens (tertiary/aromatic N) is 4. The number of aromatic amines is 2. The molecule has 2 aliphatic heterocycles. The molecule has 1 aliphatic carbocycles. The van der Waals surface area contributed by atoms with Gasteiger partial charge >= 0.3 is 12.2 Å². The van der Waals surface area contributed by atoms with E-state index in [2.05, 4.69) is 82.7 Å². The molecule has 5 heterocycles. The lowest BCUT2D eigenvalue weighted by molar-refractivity contribution is -0.135. The lowest BCUT2D eigenvalue weighted by Crippen LogP contribution is -2.51. The number of nitrogens with one attached hydrogen (secondary N) is 5. The van der Waals surface area contributed by atoms with E-state index in [0.29, 0.717) is 13.1 Å². The number of carbonyl (C=O) groups is 4. The highest BCUT2D eigenvalue weighted by atomic mass is 16.5. The largest absolute Gasteiger partial charge is 0.467 e. The predicted molar refractivity (Wildman–Crippen MR) is 242 cm³/mol. The number of likely N-dealkylation sites (tertiary alicyclic amines) is 1. The number of methoxy groups -OCH3 is 2. The maximum absolute atomic E-state index is 13.7. The number of aromatic nitrogens is 5. The van der Waals surface area contributed by atoms with Gasteiger partial charge in [-0.1, -0.05) is 46.2 Å². The van der Waals surface area contributed by atoms with Gasteiger partial charge < -0.3 is 49.6 Å². The topological polar surface area (TPSA) is 198 Å². The quantitative estimate of drug-likeness (QED) is 0.0688. The summed E-state index contributed by atoms with van der Waals surface area (Å²) in [5.41, 5.74) is 6.57. The fraction of sp³-hybridized carbons (Fsp3) is 0.500. The third-order valence-electron chi connectivity index (χ3n) is 13.0. The number of unbranched alkanes of at least 4 members (excludes halogenated alkanes) is 1. The van der Waals surface area contributed by atoms with E-state index in [9.17, 15) is 19.2 Å². The van der Waals surface area contributed by atoms with Gasteiger partial charge in [-0.05, 0) is 80.7 Å². The Morgan fingerprint density at radius 1 is 0.828 bits per heavy atom. The summed E-state index contributed by atoms with van der Waals surface area (Å²) in [7, 11) is 2.58. The highest BCUT2D eigenvalue weighted by Crippen LogP contribution is 2.51. The van der Waals surface area contributed by atoms with E-state index in [1.165, 1.54) is 20.6 Å². The van der Waals surface area contributed by atoms with Crippen LogP contribution in [0.15, 0.2) is 54.9 Å². The van der Waals surface area contributed by atoms with Crippen molar-refractivity contribution in [2.24, 2.45) is 11.8 Å². The molecule has 3 aliphatic rings. The minimum absolute atomic E-state index is 0.0786. The van der Waals surface area contributed by atoms with E-state index in [0.717, 1.165) is 120 Å². The first-order chi connectivity index (χ1) is 30.9. The van der Waals surface area contributed by atoms with Gasteiger partial charge in [0.2, 0.25) is 11.8 Å². The third kappa shape index (κ3) is 8.91. The molecule has 4 amide bonds. The van der Waals surface area contributed by atoms with Gasteiger partial charge in [0.25, 0.3) is 0 Å². The number of hydrogen-bond donors (Lipinski definition) is 5. The number of rotatable bonds is 14. The van der Waals surface area contributed by atoms with Crippen LogP contribution >= 0.6 is 0 Å². The molecule has 8 rings (SSSR count). The van der Waals surface area contributed by atoms with Crippen molar-refractivity contribution in [3.8, 4) is 39.5 Å². The number of carbonyl (C=O) groups excluding carboxylic acids is 4. The standard InChI is InChI=1S/C48H61N9O7/c1-28(2)41(54-46(60)62-5)44(58)49-21-11-8-14-40-50-26-34(52-40)31-15-17-33-38-24-32-23-30(16-18-36(32)57(38)48(64-39(33)25-31)19-9-7-10-20-48)35-27-51-43(53-35)37-13-12-22-56(37)45(59)42(29(3)4)55-47(61)63-6/h15-18,23-29,37,41-42H,7-14,19-22H2,1-6H3,(H,49,58)(H,50,52)(H,51,53)(H,54,60)(H,55,61). The van der Waals surface area contributed by atoms with Gasteiger partial charge in [0, 0.05) is 54.4 Å². The Morgan fingerprint density at radius 3 is 2.25 bits per heavy atom. The fourth-order valence-corrected chi connectivity index (χ4v) is 9.63. The lowest BCUT2D eigenvalue weighted by atomic mass is 9.89. The van der Waals surface area contributed by atoms with E-state index >= 15 is 0 Å². The zero-order valence-electron chi connectivity index (χ0n) is 37.7. The van der Waals surface area contributed by atoms with Gasteiger partial charge in [0.1, 0.15) is 29.5 Å². The van der Waals surface area contributed by atoms with Gasteiger partial charge in [-0.25, -0.2) is 19.6 Å². The number of benzene rings is 2. The van der Waals surface area contributed by atoms with Gasteiger partial charge in [-0.3, -0.25) is 9.59 Å². The molecule has 0 bridgehead atoms. The molecule has 16 heteroatoms. The molecule has 3 unspecified atom stereocenters. The van der Waals surface area contributed by atoms with Crippen LogP contribution in [0.3, 0.4) is 0 Å². The number of aryl methyl sites for hydroxylation is 1. The highest BCUT2D eigenvalue weighted by molar-refractivity contribution is 5.93. The Balaban J connectivity index is 0.982. The van der Waals surface area contributed by atoms with Crippen molar-refractivity contribution < 1.29 is 33.4 Å². The molecule has 16 nitrogen and oxygen atoms in total. The Labute approximate surface area is 373 Å². The van der Waals surface area contributed by atoms with Crippen LogP contribution in [0, 0.1) is 11.8 Å². The SMILES string of the molecule is COC(=O)NC(C(=O)NCCCCc1ncc(-c2ccc3c(c2)OC2(CCCCC2)n2c-3cc3cc(-c4cnc(C5CCCN5C(=O)C(NC(=O)OC)C(C)C)[nH]4)ccc32)[nH]1)C(C)C. The van der Waals surface area contributed by atoms with E-state index in [-0.39, 0.29) is 29.7 Å². The van der Waals surface area contributed by atoms with Crippen LogP contribution in [-0.4, -0.2) is 92.8 Å². The number of imidazole rings is 2. The molecular weight excluding hydrogens is 815 g/mol. The molecule has 64 heavy (non-hydrogen) atoms. The van der Waals surface area contributed by atoms with E-state index in [4.69, 9.17) is 14.5 Å². The summed E-state index contributed by atoms with van der Waals surface area (Å²) < 4.78 is 19.0. The van der Waals surface area contributed by atoms with Crippen LogP contribution in [-0.2, 0) is 31.2 Å². The molecule has 5 N–H and O–H groups in total. The fourth-order valence-electron chi connectivity index (χ4n) is 9.63. The summed E-state index contributed by atoms with van der Waals surface area (Å²) >= 11 is 0. The first-order valence-corrected chi connectivity index (χ1v) is 22.8. The summed E-state index contributed by atoms with van der Waals surface area (Å²) in [4.78, 5) is 68.6. The summed E-state index contributed by atoms with van der Waals surface area (Å²) in [6.45, 7) is 8.66. The Morgan fingerprint density at radius 2 is 1.52 bits per heavy atom. The molecule has 3 atom stereocenters. The maximum Gasteiger partial charge on any atom is 0.407 e. The number of fused-ring (bicyclic) bond motifs is 6. The molecule has 340 valence electrons. The van der Waals surface area contributed by atoms with Crippen molar-refractivity contribution in [1.82, 2.24) is 45.4 Å². The van der Waals surface area contributed by atoms with Crippen LogP contribution in [0.5, 0.6) is 5.75 Å².